The van der Waals surface area contributed by atoms with Crippen LogP contribution < -0.4 is 27.4 Å². The number of amides is 4. The summed E-state index contributed by atoms with van der Waals surface area (Å²) in [4.78, 5) is 80.1. The maximum Gasteiger partial charge on any atom is 0.326 e. The van der Waals surface area contributed by atoms with Gasteiger partial charge in [0.15, 0.2) is 0 Å². The minimum Gasteiger partial charge on any atom is -0.481 e. The second-order valence-electron chi connectivity index (χ2n) is 6.18. The molecule has 0 radical (unpaired) electrons. The summed E-state index contributed by atoms with van der Waals surface area (Å²) in [6.45, 7) is 0. The summed E-state index contributed by atoms with van der Waals surface area (Å²) in [5.74, 6) is -9.21. The molecule has 0 spiro atoms. The molecule has 174 valence electrons. The highest BCUT2D eigenvalue weighted by molar-refractivity contribution is 7.80. The lowest BCUT2D eigenvalue weighted by Gasteiger charge is -2.23. The van der Waals surface area contributed by atoms with Gasteiger partial charge in [-0.1, -0.05) is 0 Å². The van der Waals surface area contributed by atoms with Gasteiger partial charge in [-0.05, 0) is 0 Å². The van der Waals surface area contributed by atoms with Crippen molar-refractivity contribution in [3.8, 4) is 0 Å². The van der Waals surface area contributed by atoms with Gasteiger partial charge in [0.25, 0.3) is 0 Å². The normalized spacial score (nSPS) is 14.3. The quantitative estimate of drug-likeness (QED) is 0.110. The molecular formula is C15H23N5O10S. The lowest BCUT2D eigenvalue weighted by Crippen LogP contribution is -2.58. The van der Waals surface area contributed by atoms with Gasteiger partial charge in [0.2, 0.25) is 23.6 Å². The third-order valence-corrected chi connectivity index (χ3v) is 3.94. The number of primary amides is 1. The molecule has 31 heavy (non-hydrogen) atoms. The average Bonchev–Trinajstić information content (AvgIpc) is 2.63. The average molecular weight is 465 g/mol. The van der Waals surface area contributed by atoms with Crippen molar-refractivity contribution in [2.75, 3.05) is 5.75 Å². The SMILES string of the molecule is NC(=O)CC(NC(=O)C(CS)NC(=O)C(CC(=O)O)NC(=O)C(N)CC(=O)O)C(=O)O. The van der Waals surface area contributed by atoms with E-state index in [1.165, 1.54) is 0 Å². The number of carboxylic acids is 3. The van der Waals surface area contributed by atoms with Crippen molar-refractivity contribution in [3.05, 3.63) is 0 Å². The first kappa shape index (κ1) is 27.6. The molecule has 0 fully saturated rings. The lowest BCUT2D eigenvalue weighted by atomic mass is 10.1. The maximum atomic E-state index is 12.4. The Morgan fingerprint density at radius 3 is 1.58 bits per heavy atom. The Balaban J connectivity index is 5.29. The predicted octanol–water partition coefficient (Wildman–Crippen LogP) is -4.39. The predicted molar refractivity (Wildman–Crippen MR) is 104 cm³/mol. The second kappa shape index (κ2) is 13.0. The van der Waals surface area contributed by atoms with E-state index in [9.17, 15) is 33.6 Å². The summed E-state index contributed by atoms with van der Waals surface area (Å²) >= 11 is 3.85. The molecule has 0 rings (SSSR count). The third kappa shape index (κ3) is 10.8. The van der Waals surface area contributed by atoms with Crippen LogP contribution >= 0.6 is 12.6 Å². The molecular weight excluding hydrogens is 442 g/mol. The number of aliphatic carboxylic acids is 3. The molecule has 16 heteroatoms. The fraction of sp³-hybridized carbons (Fsp3) is 0.533. The van der Waals surface area contributed by atoms with E-state index < -0.39 is 85.0 Å². The zero-order valence-corrected chi connectivity index (χ0v) is 16.8. The van der Waals surface area contributed by atoms with Crippen LogP contribution in [0.3, 0.4) is 0 Å². The van der Waals surface area contributed by atoms with E-state index in [1.807, 2.05) is 10.6 Å². The largest absolute Gasteiger partial charge is 0.481 e. The van der Waals surface area contributed by atoms with E-state index in [-0.39, 0.29) is 5.75 Å². The fourth-order valence-corrected chi connectivity index (χ4v) is 2.34. The molecule has 0 aromatic heterocycles. The first-order chi connectivity index (χ1) is 14.3. The minimum absolute atomic E-state index is 0.368. The van der Waals surface area contributed by atoms with Crippen LogP contribution in [0.4, 0.5) is 0 Å². The topological polar surface area (TPSA) is 268 Å². The van der Waals surface area contributed by atoms with E-state index in [0.29, 0.717) is 0 Å². The van der Waals surface area contributed by atoms with Crippen LogP contribution in [0.2, 0.25) is 0 Å². The van der Waals surface area contributed by atoms with Gasteiger partial charge >= 0.3 is 17.9 Å². The molecule has 4 unspecified atom stereocenters. The van der Waals surface area contributed by atoms with Gasteiger partial charge < -0.3 is 42.7 Å². The molecule has 4 atom stereocenters. The molecule has 0 saturated heterocycles. The number of carbonyl (C=O) groups is 7. The Morgan fingerprint density at radius 2 is 1.16 bits per heavy atom. The molecule has 0 aliphatic carbocycles. The number of thiol groups is 1. The van der Waals surface area contributed by atoms with Crippen molar-refractivity contribution >= 4 is 54.2 Å². The second-order valence-corrected chi connectivity index (χ2v) is 6.54. The summed E-state index contributed by atoms with van der Waals surface area (Å²) in [6.07, 6.45) is -2.45. The molecule has 10 N–H and O–H groups in total. The molecule has 0 heterocycles. The standard InChI is InChI=1S/C15H23N5O10S/c16-5(1-10(22)23)12(26)18-6(3-11(24)25)13(27)20-8(4-31)14(28)19-7(15(29)30)2-9(17)21/h5-8,31H,1-4,16H2,(H2,17,21)(H,18,26)(H,19,28)(H,20,27)(H,22,23)(H,24,25)(H,29,30). The van der Waals surface area contributed by atoms with Crippen molar-refractivity contribution in [2.24, 2.45) is 11.5 Å². The van der Waals surface area contributed by atoms with Crippen LogP contribution in [0.5, 0.6) is 0 Å². The highest BCUT2D eigenvalue weighted by atomic mass is 32.1. The Hall–Kier alpha value is -3.40. The number of hydrogen-bond acceptors (Lipinski definition) is 9. The van der Waals surface area contributed by atoms with Crippen LogP contribution in [0, 0.1) is 0 Å². The van der Waals surface area contributed by atoms with Crippen LogP contribution in [0.1, 0.15) is 19.3 Å². The van der Waals surface area contributed by atoms with Gasteiger partial charge in [-0.3, -0.25) is 28.8 Å². The molecule has 0 aromatic rings. The number of rotatable bonds is 14. The number of carboxylic acid groups (broad SMARTS) is 3. The monoisotopic (exact) mass is 465 g/mol. The van der Waals surface area contributed by atoms with Crippen molar-refractivity contribution in [1.82, 2.24) is 16.0 Å². The highest BCUT2D eigenvalue weighted by Crippen LogP contribution is 2.00. The molecule has 0 saturated carbocycles. The van der Waals surface area contributed by atoms with Crippen molar-refractivity contribution in [1.29, 1.82) is 0 Å². The summed E-state index contributed by atoms with van der Waals surface area (Å²) in [5.41, 5.74) is 10.3. The molecule has 0 aliphatic heterocycles. The first-order valence-electron chi connectivity index (χ1n) is 8.50. The smallest absolute Gasteiger partial charge is 0.326 e. The van der Waals surface area contributed by atoms with E-state index in [2.05, 4.69) is 17.9 Å². The van der Waals surface area contributed by atoms with Crippen LogP contribution in [0.15, 0.2) is 0 Å². The summed E-state index contributed by atoms with van der Waals surface area (Å²) in [6, 6.07) is -6.48. The fourth-order valence-electron chi connectivity index (χ4n) is 2.08. The zero-order chi connectivity index (χ0) is 24.3. The Kier molecular flexibility index (Phi) is 11.6. The lowest BCUT2D eigenvalue weighted by molar-refractivity contribution is -0.144. The van der Waals surface area contributed by atoms with Crippen LogP contribution in [-0.2, 0) is 33.6 Å². The molecule has 0 aliphatic rings. The van der Waals surface area contributed by atoms with E-state index in [0.717, 1.165) is 0 Å². The maximum absolute atomic E-state index is 12.4. The van der Waals surface area contributed by atoms with Crippen molar-refractivity contribution in [2.45, 2.75) is 43.4 Å². The summed E-state index contributed by atoms with van der Waals surface area (Å²) in [5, 5.41) is 32.6. The van der Waals surface area contributed by atoms with E-state index >= 15 is 0 Å². The van der Waals surface area contributed by atoms with Crippen LogP contribution in [0.25, 0.3) is 0 Å². The molecule has 15 nitrogen and oxygen atoms in total. The molecule has 0 aromatic carbocycles. The summed E-state index contributed by atoms with van der Waals surface area (Å²) < 4.78 is 0. The van der Waals surface area contributed by atoms with E-state index in [4.69, 9.17) is 26.8 Å². The Bertz CT molecular complexity index is 746. The molecule has 4 amide bonds. The third-order valence-electron chi connectivity index (χ3n) is 3.58. The Labute approximate surface area is 180 Å². The first-order valence-corrected chi connectivity index (χ1v) is 9.13. The van der Waals surface area contributed by atoms with Gasteiger partial charge in [-0.25, -0.2) is 4.79 Å². The minimum atomic E-state index is -1.74. The zero-order valence-electron chi connectivity index (χ0n) is 15.9. The van der Waals surface area contributed by atoms with E-state index in [1.54, 1.807) is 0 Å². The molecule has 0 bridgehead atoms. The van der Waals surface area contributed by atoms with Gasteiger partial charge in [-0.15, -0.1) is 0 Å². The van der Waals surface area contributed by atoms with Crippen molar-refractivity contribution in [3.63, 3.8) is 0 Å². The highest BCUT2D eigenvalue weighted by Gasteiger charge is 2.31. The number of carbonyl (C=O) groups excluding carboxylic acids is 4. The van der Waals surface area contributed by atoms with Crippen LogP contribution in [-0.4, -0.2) is 86.8 Å². The van der Waals surface area contributed by atoms with Gasteiger partial charge in [-0.2, -0.15) is 12.6 Å². The number of nitrogens with two attached hydrogens (primary N) is 2. The van der Waals surface area contributed by atoms with Gasteiger partial charge in [0.1, 0.15) is 18.1 Å². The summed E-state index contributed by atoms with van der Waals surface area (Å²) in [7, 11) is 0. The Morgan fingerprint density at radius 1 is 0.710 bits per heavy atom. The number of hydrogen-bond donors (Lipinski definition) is 9. The van der Waals surface area contributed by atoms with Gasteiger partial charge in [0, 0.05) is 5.75 Å². The van der Waals surface area contributed by atoms with Gasteiger partial charge in [0.05, 0.1) is 25.3 Å². The number of nitrogens with one attached hydrogen (secondary N) is 3. The van der Waals surface area contributed by atoms with Crippen molar-refractivity contribution < 1.29 is 48.9 Å².